The molecule has 1 heterocycles. The van der Waals surface area contributed by atoms with Crippen molar-refractivity contribution in [1.29, 1.82) is 0 Å². The fourth-order valence-corrected chi connectivity index (χ4v) is 2.48. The Labute approximate surface area is 148 Å². The molecule has 0 aliphatic rings. The lowest BCUT2D eigenvalue weighted by molar-refractivity contribution is 0.0998. The Bertz CT molecular complexity index is 955. The minimum Gasteiger partial charge on any atom is -0.493 e. The minimum absolute atomic E-state index is 0.00391. The Morgan fingerprint density at radius 2 is 2.12 bits per heavy atom. The van der Waals surface area contributed by atoms with Crippen LogP contribution in [0.2, 0.25) is 0 Å². The van der Waals surface area contributed by atoms with Crippen LogP contribution in [0.15, 0.2) is 36.5 Å². The van der Waals surface area contributed by atoms with Crippen molar-refractivity contribution in [2.75, 3.05) is 13.2 Å². The summed E-state index contributed by atoms with van der Waals surface area (Å²) in [4.78, 5) is 11.7. The van der Waals surface area contributed by atoms with Gasteiger partial charge in [0.15, 0.2) is 11.6 Å². The molecule has 0 unspecified atom stereocenters. The molecular weight excluding hydrogens is 341 g/mol. The van der Waals surface area contributed by atoms with E-state index in [1.165, 1.54) is 12.1 Å². The van der Waals surface area contributed by atoms with Gasteiger partial charge in [0.2, 0.25) is 0 Å². The number of aromatic nitrogens is 2. The molecule has 0 aliphatic heterocycles. The van der Waals surface area contributed by atoms with Crippen molar-refractivity contribution < 1.29 is 23.8 Å². The number of aliphatic hydroxyl groups is 1. The second-order valence-corrected chi connectivity index (χ2v) is 5.66. The summed E-state index contributed by atoms with van der Waals surface area (Å²) in [6.07, 6.45) is 2.05. The maximum atomic E-state index is 14.3. The average molecular weight is 359 g/mol. The molecule has 8 heteroatoms. The van der Waals surface area contributed by atoms with Crippen LogP contribution in [0.25, 0.3) is 10.9 Å². The van der Waals surface area contributed by atoms with E-state index in [0.29, 0.717) is 12.2 Å². The van der Waals surface area contributed by atoms with Gasteiger partial charge in [-0.15, -0.1) is 0 Å². The normalized spacial score (nSPS) is 10.9. The van der Waals surface area contributed by atoms with Crippen LogP contribution >= 0.6 is 0 Å². The molecule has 26 heavy (non-hydrogen) atoms. The van der Waals surface area contributed by atoms with Crippen molar-refractivity contribution in [3.8, 4) is 17.2 Å². The molecule has 0 bridgehead atoms. The van der Waals surface area contributed by atoms with E-state index in [4.69, 9.17) is 20.3 Å². The first-order chi connectivity index (χ1) is 12.5. The number of carbonyl (C=O) groups is 1. The first-order valence-corrected chi connectivity index (χ1v) is 7.96. The SMILES string of the molecule is Cn1ncc2cc(C(N)=O)c(Oc3ccc(OCCCO)cc3F)cc21. The van der Waals surface area contributed by atoms with Crippen LogP contribution in [-0.4, -0.2) is 34.0 Å². The van der Waals surface area contributed by atoms with E-state index in [0.717, 1.165) is 10.9 Å². The van der Waals surface area contributed by atoms with E-state index in [1.54, 1.807) is 36.1 Å². The molecule has 0 fully saturated rings. The monoisotopic (exact) mass is 359 g/mol. The molecular formula is C18H18FN3O4. The van der Waals surface area contributed by atoms with Crippen LogP contribution in [0.1, 0.15) is 16.8 Å². The summed E-state index contributed by atoms with van der Waals surface area (Å²) in [5.41, 5.74) is 6.27. The maximum Gasteiger partial charge on any atom is 0.252 e. The maximum absolute atomic E-state index is 14.3. The van der Waals surface area contributed by atoms with E-state index in [1.807, 2.05) is 0 Å². The quantitative estimate of drug-likeness (QED) is 0.631. The first-order valence-electron chi connectivity index (χ1n) is 7.96. The molecule has 0 saturated carbocycles. The molecule has 0 spiro atoms. The number of primary amides is 1. The van der Waals surface area contributed by atoms with Gasteiger partial charge in [0, 0.05) is 37.6 Å². The second-order valence-electron chi connectivity index (χ2n) is 5.66. The predicted octanol–water partition coefficient (Wildman–Crippen LogP) is 2.36. The molecule has 0 aliphatic carbocycles. The highest BCUT2D eigenvalue weighted by Gasteiger charge is 2.16. The number of hydrogen-bond acceptors (Lipinski definition) is 5. The molecule has 1 amide bonds. The van der Waals surface area contributed by atoms with Crippen molar-refractivity contribution >= 4 is 16.8 Å². The first kappa shape index (κ1) is 17.7. The highest BCUT2D eigenvalue weighted by Crippen LogP contribution is 2.32. The number of benzene rings is 2. The van der Waals surface area contributed by atoms with Crippen LogP contribution in [0.4, 0.5) is 4.39 Å². The minimum atomic E-state index is -0.685. The van der Waals surface area contributed by atoms with Gasteiger partial charge < -0.3 is 20.3 Å². The van der Waals surface area contributed by atoms with E-state index >= 15 is 0 Å². The Balaban J connectivity index is 1.91. The Kier molecular flexibility index (Phi) is 5.04. The van der Waals surface area contributed by atoms with Gasteiger partial charge in [0.1, 0.15) is 11.5 Å². The topological polar surface area (TPSA) is 99.6 Å². The highest BCUT2D eigenvalue weighted by atomic mass is 19.1. The number of nitrogens with zero attached hydrogens (tertiary/aromatic N) is 2. The van der Waals surface area contributed by atoms with Gasteiger partial charge >= 0.3 is 0 Å². The molecule has 0 radical (unpaired) electrons. The largest absolute Gasteiger partial charge is 0.493 e. The zero-order valence-electron chi connectivity index (χ0n) is 14.1. The number of fused-ring (bicyclic) bond motifs is 1. The zero-order chi connectivity index (χ0) is 18.7. The predicted molar refractivity (Wildman–Crippen MR) is 92.9 cm³/mol. The standard InChI is InChI=1S/C18H18FN3O4/c1-22-15-9-17(13(18(20)24)7-11(15)10-21-22)26-16-4-3-12(8-14(16)19)25-6-2-5-23/h3-4,7-10,23H,2,5-6H2,1H3,(H2,20,24). The number of nitrogens with two attached hydrogens (primary N) is 1. The number of aryl methyl sites for hydroxylation is 1. The van der Waals surface area contributed by atoms with Crippen LogP contribution < -0.4 is 15.2 Å². The van der Waals surface area contributed by atoms with Gasteiger partial charge in [0.05, 0.1) is 23.9 Å². The summed E-state index contributed by atoms with van der Waals surface area (Å²) >= 11 is 0. The van der Waals surface area contributed by atoms with Gasteiger partial charge in [-0.2, -0.15) is 5.10 Å². The summed E-state index contributed by atoms with van der Waals surface area (Å²) in [7, 11) is 1.75. The van der Waals surface area contributed by atoms with Crippen LogP contribution in [0.3, 0.4) is 0 Å². The van der Waals surface area contributed by atoms with E-state index < -0.39 is 11.7 Å². The van der Waals surface area contributed by atoms with Crippen molar-refractivity contribution in [1.82, 2.24) is 9.78 Å². The molecule has 2 aromatic carbocycles. The number of halogens is 1. The summed E-state index contributed by atoms with van der Waals surface area (Å²) < 4.78 is 26.9. The Morgan fingerprint density at radius 1 is 1.31 bits per heavy atom. The molecule has 0 atom stereocenters. The van der Waals surface area contributed by atoms with E-state index in [9.17, 15) is 9.18 Å². The van der Waals surface area contributed by atoms with Crippen molar-refractivity contribution in [3.63, 3.8) is 0 Å². The molecule has 3 N–H and O–H groups in total. The number of amides is 1. The van der Waals surface area contributed by atoms with E-state index in [2.05, 4.69) is 5.10 Å². The third kappa shape index (κ3) is 3.60. The lowest BCUT2D eigenvalue weighted by atomic mass is 10.1. The lowest BCUT2D eigenvalue weighted by Crippen LogP contribution is -2.12. The number of rotatable bonds is 7. The lowest BCUT2D eigenvalue weighted by Gasteiger charge is -2.12. The number of aliphatic hydroxyl groups excluding tert-OH is 1. The van der Waals surface area contributed by atoms with Crippen LogP contribution in [-0.2, 0) is 7.05 Å². The number of carbonyl (C=O) groups excluding carboxylic acids is 1. The fourth-order valence-electron chi connectivity index (χ4n) is 2.48. The van der Waals surface area contributed by atoms with Crippen LogP contribution in [0.5, 0.6) is 17.2 Å². The van der Waals surface area contributed by atoms with Crippen molar-refractivity contribution in [2.24, 2.45) is 12.8 Å². The van der Waals surface area contributed by atoms with Crippen molar-refractivity contribution in [3.05, 3.63) is 47.9 Å². The number of hydrogen-bond donors (Lipinski definition) is 2. The highest BCUT2D eigenvalue weighted by molar-refractivity contribution is 6.00. The summed E-state index contributed by atoms with van der Waals surface area (Å²) in [5.74, 6) is -0.937. The summed E-state index contributed by atoms with van der Waals surface area (Å²) in [6, 6.07) is 7.28. The van der Waals surface area contributed by atoms with Gasteiger partial charge in [-0.25, -0.2) is 4.39 Å². The van der Waals surface area contributed by atoms with Gasteiger partial charge in [0.25, 0.3) is 5.91 Å². The van der Waals surface area contributed by atoms with Crippen LogP contribution in [0, 0.1) is 5.82 Å². The third-order valence-corrected chi connectivity index (χ3v) is 3.81. The number of ether oxygens (including phenoxy) is 2. The molecule has 1 aromatic heterocycles. The van der Waals surface area contributed by atoms with Crippen molar-refractivity contribution in [2.45, 2.75) is 6.42 Å². The zero-order valence-corrected chi connectivity index (χ0v) is 14.1. The second kappa shape index (κ2) is 7.40. The smallest absolute Gasteiger partial charge is 0.252 e. The van der Waals surface area contributed by atoms with Gasteiger partial charge in [-0.1, -0.05) is 0 Å². The molecule has 136 valence electrons. The molecule has 0 saturated heterocycles. The summed E-state index contributed by atoms with van der Waals surface area (Å²) in [6.45, 7) is 0.273. The van der Waals surface area contributed by atoms with E-state index in [-0.39, 0.29) is 30.3 Å². The Morgan fingerprint density at radius 3 is 2.81 bits per heavy atom. The third-order valence-electron chi connectivity index (χ3n) is 3.81. The molecule has 7 nitrogen and oxygen atoms in total. The summed E-state index contributed by atoms with van der Waals surface area (Å²) in [5, 5.41) is 13.6. The molecule has 3 rings (SSSR count). The Hall–Kier alpha value is -3.13. The fraction of sp³-hybridized carbons (Fsp3) is 0.222. The van der Waals surface area contributed by atoms with Gasteiger partial charge in [-0.05, 0) is 18.2 Å². The molecule has 3 aromatic rings. The average Bonchev–Trinajstić information content (AvgIpc) is 2.97. The van der Waals surface area contributed by atoms with Gasteiger partial charge in [-0.3, -0.25) is 9.48 Å².